The molecule has 0 aliphatic rings. The van der Waals surface area contributed by atoms with Crippen LogP contribution in [0.4, 0.5) is 5.69 Å². The van der Waals surface area contributed by atoms with E-state index in [9.17, 15) is 18.5 Å². The normalized spacial score (nSPS) is 11.7. The maximum absolute atomic E-state index is 11.1. The molecule has 1 aromatic heterocycles. The third kappa shape index (κ3) is 2.10. The molecule has 1 aromatic rings. The van der Waals surface area contributed by atoms with Crippen LogP contribution in [0.5, 0.6) is 0 Å². The first-order valence-corrected chi connectivity index (χ1v) is 6.24. The van der Waals surface area contributed by atoms with Gasteiger partial charge in [-0.3, -0.25) is 10.1 Å². The van der Waals surface area contributed by atoms with Crippen molar-refractivity contribution in [2.45, 2.75) is 18.4 Å². The van der Waals surface area contributed by atoms with Gasteiger partial charge >= 0.3 is 5.69 Å². The van der Waals surface area contributed by atoms with Crippen LogP contribution in [0.3, 0.4) is 0 Å². The number of rotatable bonds is 3. The standard InChI is InChI=1S/C6H8ClN3O4S/c1-3-4-5(10(11)12)6(9(2)8-4)15(7,13)14/h3H2,1-2H3. The minimum Gasteiger partial charge on any atom is -0.258 e. The molecule has 0 radical (unpaired) electrons. The highest BCUT2D eigenvalue weighted by Gasteiger charge is 2.33. The Labute approximate surface area is 90.2 Å². The Morgan fingerprint density at radius 2 is 2.13 bits per heavy atom. The van der Waals surface area contributed by atoms with E-state index in [0.29, 0.717) is 0 Å². The van der Waals surface area contributed by atoms with Crippen molar-refractivity contribution >= 4 is 25.4 Å². The lowest BCUT2D eigenvalue weighted by molar-refractivity contribution is -0.388. The molecule has 0 spiro atoms. The molecular weight excluding hydrogens is 246 g/mol. The second-order valence-corrected chi connectivity index (χ2v) is 5.25. The Morgan fingerprint density at radius 3 is 2.47 bits per heavy atom. The van der Waals surface area contributed by atoms with Crippen LogP contribution in [-0.2, 0) is 22.5 Å². The van der Waals surface area contributed by atoms with Crippen LogP contribution in [0.2, 0.25) is 0 Å². The van der Waals surface area contributed by atoms with E-state index in [1.165, 1.54) is 7.05 Å². The summed E-state index contributed by atoms with van der Waals surface area (Å²) in [7, 11) is 2.22. The Balaban J connectivity index is 3.64. The average Bonchev–Trinajstić information content (AvgIpc) is 2.41. The Bertz CT molecular complexity index is 507. The van der Waals surface area contributed by atoms with Gasteiger partial charge in [-0.05, 0) is 6.42 Å². The first-order chi connectivity index (χ1) is 6.79. The number of aryl methyl sites for hydroxylation is 2. The molecule has 0 bridgehead atoms. The molecule has 84 valence electrons. The largest absolute Gasteiger partial charge is 0.330 e. The van der Waals surface area contributed by atoms with Crippen LogP contribution >= 0.6 is 10.7 Å². The molecule has 9 heteroatoms. The van der Waals surface area contributed by atoms with E-state index in [0.717, 1.165) is 4.68 Å². The third-order valence-electron chi connectivity index (χ3n) is 1.79. The second-order valence-electron chi connectivity index (χ2n) is 2.77. The maximum atomic E-state index is 11.1. The summed E-state index contributed by atoms with van der Waals surface area (Å²) < 4.78 is 23.1. The number of nitrogens with zero attached hydrogens (tertiary/aromatic N) is 3. The van der Waals surface area contributed by atoms with Crippen LogP contribution < -0.4 is 0 Å². The monoisotopic (exact) mass is 253 g/mol. The zero-order chi connectivity index (χ0) is 11.8. The van der Waals surface area contributed by atoms with Gasteiger partial charge in [0.05, 0.1) is 4.92 Å². The second kappa shape index (κ2) is 3.78. The molecule has 0 amide bonds. The molecular formula is C6H8ClN3O4S. The summed E-state index contributed by atoms with van der Waals surface area (Å²) in [5.74, 6) is 0. The van der Waals surface area contributed by atoms with Crippen molar-refractivity contribution in [3.8, 4) is 0 Å². The molecule has 0 aliphatic heterocycles. The number of hydrogen-bond acceptors (Lipinski definition) is 5. The van der Waals surface area contributed by atoms with Crippen LogP contribution in [0.15, 0.2) is 5.03 Å². The first-order valence-electron chi connectivity index (χ1n) is 3.94. The van der Waals surface area contributed by atoms with Gasteiger partial charge in [0, 0.05) is 17.7 Å². The smallest absolute Gasteiger partial charge is 0.258 e. The zero-order valence-electron chi connectivity index (χ0n) is 7.97. The van der Waals surface area contributed by atoms with Gasteiger partial charge in [-0.2, -0.15) is 5.10 Å². The number of hydrogen-bond donors (Lipinski definition) is 0. The highest BCUT2D eigenvalue weighted by atomic mass is 35.7. The Morgan fingerprint density at radius 1 is 1.60 bits per heavy atom. The molecule has 7 nitrogen and oxygen atoms in total. The predicted molar refractivity (Wildman–Crippen MR) is 52.3 cm³/mol. The number of aromatic nitrogens is 2. The van der Waals surface area contributed by atoms with E-state index in [-0.39, 0.29) is 12.1 Å². The van der Waals surface area contributed by atoms with Crippen LogP contribution in [0.25, 0.3) is 0 Å². The minimum atomic E-state index is -4.17. The van der Waals surface area contributed by atoms with Crippen molar-refractivity contribution in [3.63, 3.8) is 0 Å². The molecule has 0 saturated carbocycles. The minimum absolute atomic E-state index is 0.0988. The topological polar surface area (TPSA) is 95.1 Å². The van der Waals surface area contributed by atoms with E-state index >= 15 is 0 Å². The molecule has 0 fully saturated rings. The fourth-order valence-corrected chi connectivity index (χ4v) is 2.54. The maximum Gasteiger partial charge on any atom is 0.330 e. The number of halogens is 1. The molecule has 1 heterocycles. The van der Waals surface area contributed by atoms with Gasteiger partial charge in [-0.15, -0.1) is 0 Å². The van der Waals surface area contributed by atoms with Gasteiger partial charge < -0.3 is 0 Å². The third-order valence-corrected chi connectivity index (χ3v) is 3.15. The van der Waals surface area contributed by atoms with E-state index in [4.69, 9.17) is 10.7 Å². The SMILES string of the molecule is CCc1nn(C)c(S(=O)(=O)Cl)c1[N+](=O)[O-]. The van der Waals surface area contributed by atoms with Gasteiger partial charge in [0.15, 0.2) is 0 Å². The summed E-state index contributed by atoms with van der Waals surface area (Å²) in [4.78, 5) is 9.90. The average molecular weight is 254 g/mol. The van der Waals surface area contributed by atoms with Crippen molar-refractivity contribution in [2.24, 2.45) is 7.05 Å². The lowest BCUT2D eigenvalue weighted by atomic mass is 10.3. The zero-order valence-corrected chi connectivity index (χ0v) is 9.54. The highest BCUT2D eigenvalue weighted by Crippen LogP contribution is 2.29. The van der Waals surface area contributed by atoms with Crippen molar-refractivity contribution in [2.75, 3.05) is 0 Å². The molecule has 0 N–H and O–H groups in total. The highest BCUT2D eigenvalue weighted by molar-refractivity contribution is 8.13. The van der Waals surface area contributed by atoms with Crippen molar-refractivity contribution in [1.29, 1.82) is 0 Å². The van der Waals surface area contributed by atoms with Gasteiger partial charge in [0.25, 0.3) is 9.05 Å². The van der Waals surface area contributed by atoms with E-state index in [1.807, 2.05) is 0 Å². The summed E-state index contributed by atoms with van der Waals surface area (Å²) in [6.07, 6.45) is 0.260. The van der Waals surface area contributed by atoms with Crippen LogP contribution in [0.1, 0.15) is 12.6 Å². The van der Waals surface area contributed by atoms with Crippen molar-refractivity contribution < 1.29 is 13.3 Å². The van der Waals surface area contributed by atoms with Gasteiger partial charge in [-0.1, -0.05) is 6.92 Å². The Hall–Kier alpha value is -1.15. The Kier molecular flexibility index (Phi) is 3.00. The fraction of sp³-hybridized carbons (Fsp3) is 0.500. The summed E-state index contributed by atoms with van der Waals surface area (Å²) in [6, 6.07) is 0. The molecule has 0 aromatic carbocycles. The summed E-state index contributed by atoms with van der Waals surface area (Å²) in [6.45, 7) is 1.64. The fourth-order valence-electron chi connectivity index (χ4n) is 1.25. The molecule has 0 unspecified atom stereocenters. The lowest BCUT2D eigenvalue weighted by Crippen LogP contribution is -2.03. The predicted octanol–water partition coefficient (Wildman–Crippen LogP) is 0.818. The van der Waals surface area contributed by atoms with E-state index < -0.39 is 24.7 Å². The van der Waals surface area contributed by atoms with E-state index in [1.54, 1.807) is 6.92 Å². The molecule has 0 saturated heterocycles. The quantitative estimate of drug-likeness (QED) is 0.451. The van der Waals surface area contributed by atoms with E-state index in [2.05, 4.69) is 5.10 Å². The van der Waals surface area contributed by atoms with Gasteiger partial charge in [-0.25, -0.2) is 13.1 Å². The van der Waals surface area contributed by atoms with Gasteiger partial charge in [0.2, 0.25) is 5.03 Å². The molecule has 0 atom stereocenters. The number of nitro groups is 1. The summed E-state index contributed by atoms with van der Waals surface area (Å²) in [5.41, 5.74) is -0.447. The lowest BCUT2D eigenvalue weighted by Gasteiger charge is -1.95. The first kappa shape index (κ1) is 11.9. The van der Waals surface area contributed by atoms with Crippen LogP contribution in [0, 0.1) is 10.1 Å². The van der Waals surface area contributed by atoms with Crippen LogP contribution in [-0.4, -0.2) is 23.1 Å². The summed E-state index contributed by atoms with van der Waals surface area (Å²) in [5, 5.41) is 13.8. The van der Waals surface area contributed by atoms with Crippen molar-refractivity contribution in [3.05, 3.63) is 15.8 Å². The molecule has 0 aliphatic carbocycles. The summed E-state index contributed by atoms with van der Waals surface area (Å²) >= 11 is 0. The van der Waals surface area contributed by atoms with Crippen molar-refractivity contribution in [1.82, 2.24) is 9.78 Å². The molecule has 15 heavy (non-hydrogen) atoms. The van der Waals surface area contributed by atoms with Gasteiger partial charge in [0.1, 0.15) is 5.69 Å². The molecule has 1 rings (SSSR count).